The molecule has 0 saturated heterocycles. The van der Waals surface area contributed by atoms with Gasteiger partial charge in [-0.2, -0.15) is 0 Å². The Bertz CT molecular complexity index is 1280. The van der Waals surface area contributed by atoms with Gasteiger partial charge in [0.1, 0.15) is 5.75 Å². The van der Waals surface area contributed by atoms with E-state index >= 15 is 0 Å². The number of para-hydroxylation sites is 1. The summed E-state index contributed by atoms with van der Waals surface area (Å²) in [6.07, 6.45) is 0. The molecule has 7 nitrogen and oxygen atoms in total. The van der Waals surface area contributed by atoms with E-state index in [4.69, 9.17) is 9.72 Å². The molecule has 2 aromatic carbocycles. The number of aromatic nitrogens is 1. The quantitative estimate of drug-likeness (QED) is 0.343. The normalized spacial score (nSPS) is 10.7. The van der Waals surface area contributed by atoms with Crippen LogP contribution in [0.2, 0.25) is 0 Å². The molecular formula is C22H17N3O4S. The number of hydrogen-bond acceptors (Lipinski definition) is 6. The fraction of sp³-hybridized carbons (Fsp3) is 0.0909. The van der Waals surface area contributed by atoms with Crippen molar-refractivity contribution in [3.05, 3.63) is 81.2 Å². The van der Waals surface area contributed by atoms with Gasteiger partial charge in [0.2, 0.25) is 0 Å². The van der Waals surface area contributed by atoms with E-state index < -0.39 is 10.8 Å². The predicted octanol–water partition coefficient (Wildman–Crippen LogP) is 5.44. The highest BCUT2D eigenvalue weighted by atomic mass is 32.1. The average molecular weight is 419 g/mol. The first-order valence-corrected chi connectivity index (χ1v) is 9.88. The molecule has 0 aliphatic carbocycles. The SMILES string of the molecule is COc1ccc([N+](=O)[O-])cc1NC(=O)c1cc(-c2ccc(C)s2)nc2ccccc12. The molecule has 0 fully saturated rings. The fourth-order valence-electron chi connectivity index (χ4n) is 3.16. The number of thiophene rings is 1. The number of pyridine rings is 1. The summed E-state index contributed by atoms with van der Waals surface area (Å²) < 4.78 is 5.25. The number of rotatable bonds is 5. The number of nitrogens with one attached hydrogen (secondary N) is 1. The highest BCUT2D eigenvalue weighted by Crippen LogP contribution is 2.32. The second-order valence-electron chi connectivity index (χ2n) is 6.58. The van der Waals surface area contributed by atoms with Crippen LogP contribution in [-0.2, 0) is 0 Å². The molecule has 0 unspecified atom stereocenters. The third-order valence-corrected chi connectivity index (χ3v) is 5.62. The van der Waals surface area contributed by atoms with Crippen LogP contribution in [0.15, 0.2) is 60.7 Å². The lowest BCUT2D eigenvalue weighted by Crippen LogP contribution is -2.14. The lowest BCUT2D eigenvalue weighted by Gasteiger charge is -2.12. The molecule has 4 rings (SSSR count). The standard InChI is InChI=1S/C22H17N3O4S/c1-13-7-10-21(30-13)19-12-16(15-5-3-4-6-17(15)23-19)22(26)24-18-11-14(25(27)28)8-9-20(18)29-2/h3-12H,1-2H3,(H,24,26). The number of nitro benzene ring substituents is 1. The van der Waals surface area contributed by atoms with E-state index in [9.17, 15) is 14.9 Å². The molecule has 2 aromatic heterocycles. The summed E-state index contributed by atoms with van der Waals surface area (Å²) in [5, 5.41) is 14.6. The highest BCUT2D eigenvalue weighted by Gasteiger charge is 2.18. The maximum Gasteiger partial charge on any atom is 0.271 e. The Kier molecular flexibility index (Phi) is 5.16. The third-order valence-electron chi connectivity index (χ3n) is 4.60. The zero-order valence-electron chi connectivity index (χ0n) is 16.2. The minimum absolute atomic E-state index is 0.138. The molecular weight excluding hydrogens is 402 g/mol. The number of methoxy groups -OCH3 is 1. The molecule has 150 valence electrons. The molecule has 0 radical (unpaired) electrons. The van der Waals surface area contributed by atoms with Crippen LogP contribution in [-0.4, -0.2) is 22.9 Å². The second-order valence-corrected chi connectivity index (χ2v) is 7.87. The Hall–Kier alpha value is -3.78. The minimum atomic E-state index is -0.520. The first-order chi connectivity index (χ1) is 14.5. The maximum absolute atomic E-state index is 13.2. The van der Waals surface area contributed by atoms with E-state index in [1.54, 1.807) is 17.4 Å². The third kappa shape index (κ3) is 3.72. The van der Waals surface area contributed by atoms with Crippen LogP contribution >= 0.6 is 11.3 Å². The Morgan fingerprint density at radius 2 is 1.93 bits per heavy atom. The number of carbonyl (C=O) groups excluding carboxylic acids is 1. The van der Waals surface area contributed by atoms with E-state index in [0.717, 1.165) is 9.75 Å². The number of ether oxygens (including phenoxy) is 1. The Morgan fingerprint density at radius 3 is 2.63 bits per heavy atom. The molecule has 1 amide bonds. The van der Waals surface area contributed by atoms with E-state index in [1.165, 1.54) is 25.3 Å². The topological polar surface area (TPSA) is 94.4 Å². The van der Waals surface area contributed by atoms with Crippen molar-refractivity contribution in [2.45, 2.75) is 6.92 Å². The highest BCUT2D eigenvalue weighted by molar-refractivity contribution is 7.15. The predicted molar refractivity (Wildman–Crippen MR) is 117 cm³/mol. The molecule has 4 aromatic rings. The fourth-order valence-corrected chi connectivity index (χ4v) is 3.99. The largest absolute Gasteiger partial charge is 0.495 e. The van der Waals surface area contributed by atoms with Gasteiger partial charge in [0.25, 0.3) is 11.6 Å². The van der Waals surface area contributed by atoms with Crippen molar-refractivity contribution in [3.8, 4) is 16.3 Å². The monoisotopic (exact) mass is 419 g/mol. The zero-order chi connectivity index (χ0) is 21.3. The number of benzene rings is 2. The van der Waals surface area contributed by atoms with Crippen LogP contribution in [0.25, 0.3) is 21.5 Å². The van der Waals surface area contributed by atoms with Crippen LogP contribution in [0.5, 0.6) is 5.75 Å². The lowest BCUT2D eigenvalue weighted by molar-refractivity contribution is -0.384. The lowest BCUT2D eigenvalue weighted by atomic mass is 10.1. The van der Waals surface area contributed by atoms with Gasteiger partial charge < -0.3 is 10.1 Å². The number of nitrogens with zero attached hydrogens (tertiary/aromatic N) is 2. The second kappa shape index (κ2) is 7.92. The molecule has 2 heterocycles. The van der Waals surface area contributed by atoms with E-state index in [-0.39, 0.29) is 11.4 Å². The van der Waals surface area contributed by atoms with Gasteiger partial charge in [-0.1, -0.05) is 18.2 Å². The van der Waals surface area contributed by atoms with Crippen molar-refractivity contribution in [1.29, 1.82) is 0 Å². The number of carbonyl (C=O) groups is 1. The van der Waals surface area contributed by atoms with E-state index in [0.29, 0.717) is 27.9 Å². The molecule has 30 heavy (non-hydrogen) atoms. The molecule has 0 spiro atoms. The van der Waals surface area contributed by atoms with Gasteiger partial charge >= 0.3 is 0 Å². The number of non-ortho nitro benzene ring substituents is 1. The summed E-state index contributed by atoms with van der Waals surface area (Å²) in [5.74, 6) is -0.0663. The van der Waals surface area contributed by atoms with Gasteiger partial charge in [-0.15, -0.1) is 11.3 Å². The van der Waals surface area contributed by atoms with Crippen molar-refractivity contribution in [3.63, 3.8) is 0 Å². The number of aryl methyl sites for hydroxylation is 1. The molecule has 0 aliphatic rings. The van der Waals surface area contributed by atoms with Crippen LogP contribution in [0.1, 0.15) is 15.2 Å². The minimum Gasteiger partial charge on any atom is -0.495 e. The van der Waals surface area contributed by atoms with Crippen molar-refractivity contribution in [2.24, 2.45) is 0 Å². The van der Waals surface area contributed by atoms with E-state index in [1.807, 2.05) is 43.3 Å². The first kappa shape index (κ1) is 19.5. The van der Waals surface area contributed by atoms with Gasteiger partial charge in [-0.3, -0.25) is 14.9 Å². The number of hydrogen-bond donors (Lipinski definition) is 1. The number of nitro groups is 1. The zero-order valence-corrected chi connectivity index (χ0v) is 17.0. The van der Waals surface area contributed by atoms with Crippen molar-refractivity contribution >= 4 is 39.5 Å². The number of fused-ring (bicyclic) bond motifs is 1. The van der Waals surface area contributed by atoms with Gasteiger partial charge in [0, 0.05) is 22.4 Å². The summed E-state index contributed by atoms with van der Waals surface area (Å²) >= 11 is 1.60. The summed E-state index contributed by atoms with van der Waals surface area (Å²) in [5.41, 5.74) is 1.90. The Balaban J connectivity index is 1.80. The van der Waals surface area contributed by atoms with Gasteiger partial charge in [0.05, 0.1) is 39.4 Å². The Morgan fingerprint density at radius 1 is 1.13 bits per heavy atom. The van der Waals surface area contributed by atoms with Crippen LogP contribution in [0.4, 0.5) is 11.4 Å². The molecule has 8 heteroatoms. The number of anilines is 1. The van der Waals surface area contributed by atoms with Gasteiger partial charge in [-0.25, -0.2) is 4.98 Å². The maximum atomic E-state index is 13.2. The summed E-state index contributed by atoms with van der Waals surface area (Å²) in [6, 6.07) is 17.2. The van der Waals surface area contributed by atoms with Gasteiger partial charge in [0.15, 0.2) is 0 Å². The van der Waals surface area contributed by atoms with Crippen LogP contribution in [0.3, 0.4) is 0 Å². The molecule has 0 saturated carbocycles. The summed E-state index contributed by atoms with van der Waals surface area (Å²) in [4.78, 5) is 30.6. The molecule has 0 bridgehead atoms. The first-order valence-electron chi connectivity index (χ1n) is 9.06. The molecule has 1 N–H and O–H groups in total. The van der Waals surface area contributed by atoms with Crippen molar-refractivity contribution < 1.29 is 14.5 Å². The number of amides is 1. The van der Waals surface area contributed by atoms with Crippen molar-refractivity contribution in [1.82, 2.24) is 4.98 Å². The smallest absolute Gasteiger partial charge is 0.271 e. The van der Waals surface area contributed by atoms with Gasteiger partial charge in [-0.05, 0) is 37.3 Å². The molecule has 0 atom stereocenters. The Labute approximate surface area is 176 Å². The van der Waals surface area contributed by atoms with Crippen LogP contribution < -0.4 is 10.1 Å². The average Bonchev–Trinajstić information content (AvgIpc) is 3.19. The summed E-state index contributed by atoms with van der Waals surface area (Å²) in [6.45, 7) is 2.01. The molecule has 0 aliphatic heterocycles. The van der Waals surface area contributed by atoms with E-state index in [2.05, 4.69) is 5.32 Å². The summed E-state index contributed by atoms with van der Waals surface area (Å²) in [7, 11) is 1.44. The van der Waals surface area contributed by atoms with Crippen LogP contribution in [0, 0.1) is 17.0 Å². The van der Waals surface area contributed by atoms with Crippen molar-refractivity contribution in [2.75, 3.05) is 12.4 Å².